The Morgan fingerprint density at radius 1 is 0.969 bits per heavy atom. The summed E-state index contributed by atoms with van der Waals surface area (Å²) in [5.41, 5.74) is 2.81. The highest BCUT2D eigenvalue weighted by Crippen LogP contribution is 2.34. The summed E-state index contributed by atoms with van der Waals surface area (Å²) in [6, 6.07) is 16.3. The first-order valence-corrected chi connectivity index (χ1v) is 12.0. The highest BCUT2D eigenvalue weighted by atomic mass is 32.2. The van der Waals surface area contributed by atoms with Crippen LogP contribution in [-0.4, -0.2) is 20.4 Å². The lowest BCUT2D eigenvalue weighted by molar-refractivity contribution is 0.529. The lowest BCUT2D eigenvalue weighted by Gasteiger charge is -2.08. The van der Waals surface area contributed by atoms with E-state index in [2.05, 4.69) is 40.3 Å². The lowest BCUT2D eigenvalue weighted by Crippen LogP contribution is -1.94. The lowest BCUT2D eigenvalue weighted by atomic mass is 10.1. The van der Waals surface area contributed by atoms with E-state index in [4.69, 9.17) is 4.42 Å². The third kappa shape index (κ3) is 4.03. The SMILES string of the molecule is CCc1sc(-c2nnc(CSc3nnc(-c4ccc(F)cc4)c4ccccc34)o2)cc1C. The number of aryl methyl sites for hydroxylation is 2. The molecule has 0 amide bonds. The number of hydrogen-bond acceptors (Lipinski definition) is 7. The molecule has 3 heterocycles. The van der Waals surface area contributed by atoms with Gasteiger partial charge in [-0.05, 0) is 49.2 Å². The van der Waals surface area contributed by atoms with Gasteiger partial charge in [-0.3, -0.25) is 0 Å². The number of benzene rings is 2. The second kappa shape index (κ2) is 8.80. The molecule has 0 saturated carbocycles. The summed E-state index contributed by atoms with van der Waals surface area (Å²) in [5.74, 6) is 1.31. The molecule has 0 radical (unpaired) electrons. The van der Waals surface area contributed by atoms with Crippen LogP contribution in [0.25, 0.3) is 32.8 Å². The summed E-state index contributed by atoms with van der Waals surface area (Å²) in [6.45, 7) is 4.25. The van der Waals surface area contributed by atoms with Gasteiger partial charge >= 0.3 is 0 Å². The molecule has 5 aromatic rings. The van der Waals surface area contributed by atoms with Gasteiger partial charge < -0.3 is 4.42 Å². The molecule has 0 aliphatic carbocycles. The molecule has 0 aliphatic rings. The molecule has 5 rings (SSSR count). The van der Waals surface area contributed by atoms with E-state index in [9.17, 15) is 4.39 Å². The molecule has 32 heavy (non-hydrogen) atoms. The molecule has 3 aromatic heterocycles. The number of rotatable bonds is 6. The summed E-state index contributed by atoms with van der Waals surface area (Å²) >= 11 is 3.20. The molecule has 0 fully saturated rings. The maximum Gasteiger partial charge on any atom is 0.257 e. The fourth-order valence-corrected chi connectivity index (χ4v) is 5.37. The Bertz CT molecular complexity index is 1400. The van der Waals surface area contributed by atoms with Crippen LogP contribution < -0.4 is 0 Å². The van der Waals surface area contributed by atoms with Crippen LogP contribution in [0, 0.1) is 12.7 Å². The van der Waals surface area contributed by atoms with E-state index in [1.165, 1.54) is 34.3 Å². The quantitative estimate of drug-likeness (QED) is 0.261. The van der Waals surface area contributed by atoms with Crippen LogP contribution in [0.3, 0.4) is 0 Å². The largest absolute Gasteiger partial charge is 0.419 e. The van der Waals surface area contributed by atoms with Crippen molar-refractivity contribution in [3.63, 3.8) is 0 Å². The molecule has 0 spiro atoms. The molecule has 160 valence electrons. The van der Waals surface area contributed by atoms with Crippen LogP contribution in [0.4, 0.5) is 4.39 Å². The van der Waals surface area contributed by atoms with E-state index >= 15 is 0 Å². The molecule has 2 aromatic carbocycles. The van der Waals surface area contributed by atoms with Crippen LogP contribution in [0.1, 0.15) is 23.3 Å². The summed E-state index contributed by atoms with van der Waals surface area (Å²) in [7, 11) is 0. The third-order valence-corrected chi connectivity index (χ3v) is 7.46. The zero-order valence-corrected chi connectivity index (χ0v) is 19.1. The van der Waals surface area contributed by atoms with E-state index in [1.807, 2.05) is 24.3 Å². The number of thiophene rings is 1. The molecular weight excluding hydrogens is 443 g/mol. The number of halogens is 1. The highest BCUT2D eigenvalue weighted by Gasteiger charge is 2.15. The fraction of sp³-hybridized carbons (Fsp3) is 0.167. The first kappa shape index (κ1) is 20.8. The molecule has 0 N–H and O–H groups in total. The van der Waals surface area contributed by atoms with Gasteiger partial charge in [-0.25, -0.2) is 4.39 Å². The van der Waals surface area contributed by atoms with Crippen molar-refractivity contribution in [2.45, 2.75) is 31.0 Å². The second-order valence-corrected chi connectivity index (χ2v) is 9.37. The van der Waals surface area contributed by atoms with Crippen molar-refractivity contribution >= 4 is 33.9 Å². The minimum Gasteiger partial charge on any atom is -0.419 e. The first-order chi connectivity index (χ1) is 15.6. The second-order valence-electron chi connectivity index (χ2n) is 7.27. The normalized spacial score (nSPS) is 11.3. The van der Waals surface area contributed by atoms with Crippen molar-refractivity contribution in [1.29, 1.82) is 0 Å². The van der Waals surface area contributed by atoms with Crippen LogP contribution in [0.15, 0.2) is 64.0 Å². The molecular formula is C24H19FN4OS2. The van der Waals surface area contributed by atoms with Crippen molar-refractivity contribution in [2.24, 2.45) is 0 Å². The number of thioether (sulfide) groups is 1. The highest BCUT2D eigenvalue weighted by molar-refractivity contribution is 7.98. The van der Waals surface area contributed by atoms with Gasteiger partial charge in [-0.15, -0.1) is 31.7 Å². The van der Waals surface area contributed by atoms with Gasteiger partial charge in [0.1, 0.15) is 16.5 Å². The number of aromatic nitrogens is 4. The summed E-state index contributed by atoms with van der Waals surface area (Å²) in [6.07, 6.45) is 0.993. The van der Waals surface area contributed by atoms with E-state index < -0.39 is 0 Å². The molecule has 0 atom stereocenters. The van der Waals surface area contributed by atoms with Crippen molar-refractivity contribution in [3.8, 4) is 22.0 Å². The van der Waals surface area contributed by atoms with Gasteiger partial charge in [-0.2, -0.15) is 0 Å². The smallest absolute Gasteiger partial charge is 0.257 e. The average molecular weight is 463 g/mol. The Morgan fingerprint density at radius 2 is 1.75 bits per heavy atom. The maximum atomic E-state index is 13.3. The van der Waals surface area contributed by atoms with Gasteiger partial charge in [0, 0.05) is 21.2 Å². The fourth-order valence-electron chi connectivity index (χ4n) is 3.52. The zero-order valence-electron chi connectivity index (χ0n) is 17.5. The van der Waals surface area contributed by atoms with E-state index in [0.717, 1.165) is 38.4 Å². The predicted octanol–water partition coefficient (Wildman–Crippen LogP) is 6.71. The Kier molecular flexibility index (Phi) is 5.71. The minimum absolute atomic E-state index is 0.277. The van der Waals surface area contributed by atoms with Crippen molar-refractivity contribution in [2.75, 3.05) is 0 Å². The van der Waals surface area contributed by atoms with Crippen LogP contribution in [0.5, 0.6) is 0 Å². The number of nitrogens with zero attached hydrogens (tertiary/aromatic N) is 4. The Labute approximate surface area is 192 Å². The van der Waals surface area contributed by atoms with E-state index in [0.29, 0.717) is 17.5 Å². The molecule has 0 bridgehead atoms. The van der Waals surface area contributed by atoms with Crippen molar-refractivity contribution in [3.05, 3.63) is 76.7 Å². The standard InChI is InChI=1S/C24H19FN4OS2/c1-3-19-14(2)12-20(32-19)23-28-26-21(30-23)13-31-24-18-7-5-4-6-17(18)22(27-29-24)15-8-10-16(25)11-9-15/h4-12H,3,13H2,1-2H3. The van der Waals surface area contributed by atoms with E-state index in [1.54, 1.807) is 23.5 Å². The number of fused-ring (bicyclic) bond motifs is 1. The average Bonchev–Trinajstić information content (AvgIpc) is 3.44. The van der Waals surface area contributed by atoms with Crippen LogP contribution in [0.2, 0.25) is 0 Å². The van der Waals surface area contributed by atoms with Gasteiger partial charge in [0.25, 0.3) is 5.89 Å². The summed E-state index contributed by atoms with van der Waals surface area (Å²) < 4.78 is 19.2. The van der Waals surface area contributed by atoms with Crippen molar-refractivity contribution in [1.82, 2.24) is 20.4 Å². The van der Waals surface area contributed by atoms with Gasteiger partial charge in [0.05, 0.1) is 10.6 Å². The maximum absolute atomic E-state index is 13.3. The van der Waals surface area contributed by atoms with Crippen molar-refractivity contribution < 1.29 is 8.81 Å². The Balaban J connectivity index is 1.40. The molecule has 8 heteroatoms. The minimum atomic E-state index is -0.277. The third-order valence-electron chi connectivity index (χ3n) is 5.12. The van der Waals surface area contributed by atoms with Gasteiger partial charge in [0.2, 0.25) is 5.89 Å². The molecule has 5 nitrogen and oxygen atoms in total. The molecule has 0 saturated heterocycles. The van der Waals surface area contributed by atoms with Crippen LogP contribution >= 0.6 is 23.1 Å². The summed E-state index contributed by atoms with van der Waals surface area (Å²) in [4.78, 5) is 2.33. The molecule has 0 aliphatic heterocycles. The topological polar surface area (TPSA) is 64.7 Å². The summed E-state index contributed by atoms with van der Waals surface area (Å²) in [5, 5.41) is 20.0. The Morgan fingerprint density at radius 3 is 2.50 bits per heavy atom. The number of hydrogen-bond donors (Lipinski definition) is 0. The Hall–Kier alpha value is -3.10. The zero-order chi connectivity index (χ0) is 22.1. The van der Waals surface area contributed by atoms with Gasteiger partial charge in [-0.1, -0.05) is 43.0 Å². The molecule has 0 unspecified atom stereocenters. The monoisotopic (exact) mass is 462 g/mol. The van der Waals surface area contributed by atoms with E-state index in [-0.39, 0.29) is 5.82 Å². The predicted molar refractivity (Wildman–Crippen MR) is 126 cm³/mol. The van der Waals surface area contributed by atoms with Gasteiger partial charge in [0.15, 0.2) is 0 Å². The first-order valence-electron chi connectivity index (χ1n) is 10.2. The van der Waals surface area contributed by atoms with Crippen LogP contribution in [-0.2, 0) is 12.2 Å².